The van der Waals surface area contributed by atoms with Crippen LogP contribution in [0.25, 0.3) is 0 Å². The van der Waals surface area contributed by atoms with E-state index in [9.17, 15) is 9.59 Å². The largest absolute Gasteiger partial charge is 0.340 e. The Bertz CT molecular complexity index is 594. The lowest BCUT2D eigenvalue weighted by atomic mass is 10.0. The second kappa shape index (κ2) is 6.71. The van der Waals surface area contributed by atoms with E-state index in [1.165, 1.54) is 5.56 Å². The fraction of sp³-hybridized carbons (Fsp3) is 0.556. The fourth-order valence-corrected chi connectivity index (χ4v) is 3.57. The van der Waals surface area contributed by atoms with Crippen LogP contribution in [0.2, 0.25) is 0 Å². The van der Waals surface area contributed by atoms with Crippen molar-refractivity contribution >= 4 is 17.5 Å². The molecule has 2 aliphatic heterocycles. The first-order valence-electron chi connectivity index (χ1n) is 8.47. The number of nitrogens with zero attached hydrogens (tertiary/aromatic N) is 3. The van der Waals surface area contributed by atoms with E-state index in [1.807, 2.05) is 34.9 Å². The predicted molar refractivity (Wildman–Crippen MR) is 90.4 cm³/mol. The van der Waals surface area contributed by atoms with Gasteiger partial charge >= 0.3 is 0 Å². The van der Waals surface area contributed by atoms with E-state index in [2.05, 4.69) is 11.0 Å². The summed E-state index contributed by atoms with van der Waals surface area (Å²) in [5, 5.41) is 0. The van der Waals surface area contributed by atoms with Gasteiger partial charge in [0, 0.05) is 45.3 Å². The van der Waals surface area contributed by atoms with Gasteiger partial charge in [0.15, 0.2) is 0 Å². The first-order chi connectivity index (χ1) is 11.1. The number of piperazine rings is 1. The summed E-state index contributed by atoms with van der Waals surface area (Å²) in [5.74, 6) is 0.294. The zero-order chi connectivity index (χ0) is 16.4. The van der Waals surface area contributed by atoms with Gasteiger partial charge in [-0.05, 0) is 31.4 Å². The molecular weight excluding hydrogens is 290 g/mol. The molecule has 0 N–H and O–H groups in total. The predicted octanol–water partition coefficient (Wildman–Crippen LogP) is 1.52. The Morgan fingerprint density at radius 3 is 2.43 bits per heavy atom. The summed E-state index contributed by atoms with van der Waals surface area (Å²) in [4.78, 5) is 30.4. The molecule has 23 heavy (non-hydrogen) atoms. The molecule has 0 spiro atoms. The minimum atomic E-state index is -0.143. The number of anilines is 1. The second-order valence-corrected chi connectivity index (χ2v) is 6.44. The van der Waals surface area contributed by atoms with Crippen molar-refractivity contribution in [1.82, 2.24) is 9.80 Å². The first kappa shape index (κ1) is 16.0. The average molecular weight is 315 g/mol. The van der Waals surface area contributed by atoms with Crippen LogP contribution in [0, 0.1) is 0 Å². The van der Waals surface area contributed by atoms with Gasteiger partial charge in [-0.1, -0.05) is 18.2 Å². The van der Waals surface area contributed by atoms with E-state index in [4.69, 9.17) is 0 Å². The summed E-state index contributed by atoms with van der Waals surface area (Å²) in [5.41, 5.74) is 2.33. The van der Waals surface area contributed by atoms with Gasteiger partial charge in [-0.2, -0.15) is 0 Å². The Morgan fingerprint density at radius 1 is 1.04 bits per heavy atom. The molecule has 2 heterocycles. The Balaban J connectivity index is 1.68. The Morgan fingerprint density at radius 2 is 1.74 bits per heavy atom. The van der Waals surface area contributed by atoms with Crippen molar-refractivity contribution in [1.29, 1.82) is 0 Å². The topological polar surface area (TPSA) is 43.9 Å². The van der Waals surface area contributed by atoms with Crippen molar-refractivity contribution in [2.45, 2.75) is 32.7 Å². The summed E-state index contributed by atoms with van der Waals surface area (Å²) in [6, 6.07) is 8.06. The number of aryl methyl sites for hydroxylation is 1. The van der Waals surface area contributed by atoms with Gasteiger partial charge in [-0.25, -0.2) is 0 Å². The van der Waals surface area contributed by atoms with Crippen molar-refractivity contribution in [3.05, 3.63) is 29.8 Å². The maximum Gasteiger partial charge on any atom is 0.244 e. The molecule has 1 unspecified atom stereocenters. The molecule has 3 rings (SSSR count). The zero-order valence-electron chi connectivity index (χ0n) is 14.0. The van der Waals surface area contributed by atoms with Gasteiger partial charge < -0.3 is 9.80 Å². The van der Waals surface area contributed by atoms with Crippen molar-refractivity contribution in [2.24, 2.45) is 0 Å². The summed E-state index contributed by atoms with van der Waals surface area (Å²) in [6.45, 7) is 7.35. The van der Waals surface area contributed by atoms with E-state index in [1.54, 1.807) is 6.92 Å². The van der Waals surface area contributed by atoms with E-state index < -0.39 is 0 Å². The molecule has 0 bridgehead atoms. The van der Waals surface area contributed by atoms with Crippen LogP contribution in [0.3, 0.4) is 0 Å². The molecule has 5 heteroatoms. The number of carbonyl (C=O) groups is 2. The van der Waals surface area contributed by atoms with E-state index in [-0.39, 0.29) is 17.9 Å². The molecule has 2 amide bonds. The maximum atomic E-state index is 13.0. The number of benzene rings is 1. The number of rotatable bonds is 2. The highest BCUT2D eigenvalue weighted by molar-refractivity contribution is 5.98. The molecule has 1 aromatic rings. The van der Waals surface area contributed by atoms with Gasteiger partial charge in [0.1, 0.15) is 0 Å². The highest BCUT2D eigenvalue weighted by Crippen LogP contribution is 2.27. The van der Waals surface area contributed by atoms with Gasteiger partial charge in [-0.3, -0.25) is 14.5 Å². The zero-order valence-corrected chi connectivity index (χ0v) is 14.0. The van der Waals surface area contributed by atoms with Gasteiger partial charge in [0.05, 0.1) is 6.04 Å². The van der Waals surface area contributed by atoms with Crippen LogP contribution in [0.4, 0.5) is 5.69 Å². The minimum Gasteiger partial charge on any atom is -0.340 e. The number of para-hydroxylation sites is 1. The summed E-state index contributed by atoms with van der Waals surface area (Å²) >= 11 is 0. The number of carbonyl (C=O) groups excluding carboxylic acids is 2. The number of hydrogen-bond acceptors (Lipinski definition) is 3. The third kappa shape index (κ3) is 3.24. The molecule has 2 aliphatic rings. The number of fused-ring (bicyclic) bond motifs is 1. The van der Waals surface area contributed by atoms with Gasteiger partial charge in [0.25, 0.3) is 0 Å². The average Bonchev–Trinajstić information content (AvgIpc) is 2.60. The standard InChI is InChI=1S/C18H25N3O2/c1-14(19-10-12-20(13-11-19)15(2)22)18(23)21-9-5-7-16-6-3-4-8-17(16)21/h3-4,6,8,14H,5,7,9-13H2,1-2H3. The first-order valence-corrected chi connectivity index (χ1v) is 8.47. The highest BCUT2D eigenvalue weighted by atomic mass is 16.2. The third-order valence-corrected chi connectivity index (χ3v) is 5.04. The van der Waals surface area contributed by atoms with E-state index in [0.29, 0.717) is 13.1 Å². The molecule has 0 aliphatic carbocycles. The molecule has 0 aromatic heterocycles. The Kier molecular flexibility index (Phi) is 4.66. The molecule has 5 nitrogen and oxygen atoms in total. The van der Waals surface area contributed by atoms with Gasteiger partial charge in [0.2, 0.25) is 11.8 Å². The van der Waals surface area contributed by atoms with Crippen molar-refractivity contribution in [2.75, 3.05) is 37.6 Å². The van der Waals surface area contributed by atoms with Crippen LogP contribution in [-0.2, 0) is 16.0 Å². The van der Waals surface area contributed by atoms with Crippen molar-refractivity contribution in [3.63, 3.8) is 0 Å². The molecule has 1 saturated heterocycles. The second-order valence-electron chi connectivity index (χ2n) is 6.44. The lowest BCUT2D eigenvalue weighted by molar-refractivity contribution is -0.131. The number of hydrogen-bond donors (Lipinski definition) is 0. The summed E-state index contributed by atoms with van der Waals surface area (Å²) < 4.78 is 0. The van der Waals surface area contributed by atoms with Crippen molar-refractivity contribution < 1.29 is 9.59 Å². The maximum absolute atomic E-state index is 13.0. The quantitative estimate of drug-likeness (QED) is 0.831. The van der Waals surface area contributed by atoms with Crippen LogP contribution >= 0.6 is 0 Å². The van der Waals surface area contributed by atoms with E-state index in [0.717, 1.165) is 38.2 Å². The van der Waals surface area contributed by atoms with Crippen LogP contribution in [0.5, 0.6) is 0 Å². The number of amides is 2. The molecule has 0 saturated carbocycles. The lowest BCUT2D eigenvalue weighted by Crippen LogP contribution is -2.55. The summed E-state index contributed by atoms with van der Waals surface area (Å²) in [6.07, 6.45) is 2.07. The third-order valence-electron chi connectivity index (χ3n) is 5.04. The van der Waals surface area contributed by atoms with Crippen molar-refractivity contribution in [3.8, 4) is 0 Å². The minimum absolute atomic E-state index is 0.119. The smallest absolute Gasteiger partial charge is 0.244 e. The molecule has 1 atom stereocenters. The normalized spacial score (nSPS) is 20.1. The lowest BCUT2D eigenvalue weighted by Gasteiger charge is -2.39. The Labute approximate surface area is 137 Å². The molecule has 1 fully saturated rings. The van der Waals surface area contributed by atoms with Crippen LogP contribution in [0.15, 0.2) is 24.3 Å². The Hall–Kier alpha value is -1.88. The van der Waals surface area contributed by atoms with Crippen LogP contribution < -0.4 is 4.90 Å². The summed E-state index contributed by atoms with van der Waals surface area (Å²) in [7, 11) is 0. The van der Waals surface area contributed by atoms with Crippen LogP contribution in [-0.4, -0.2) is 60.4 Å². The monoisotopic (exact) mass is 315 g/mol. The fourth-order valence-electron chi connectivity index (χ4n) is 3.57. The van der Waals surface area contributed by atoms with Crippen LogP contribution in [0.1, 0.15) is 25.8 Å². The van der Waals surface area contributed by atoms with Gasteiger partial charge in [-0.15, -0.1) is 0 Å². The SMILES string of the molecule is CC(=O)N1CCN(C(C)C(=O)N2CCCc3ccccc32)CC1. The molecule has 0 radical (unpaired) electrons. The van der Waals surface area contributed by atoms with E-state index >= 15 is 0 Å². The molecular formula is C18H25N3O2. The molecule has 1 aromatic carbocycles. The highest BCUT2D eigenvalue weighted by Gasteiger charge is 2.31. The molecule has 124 valence electrons.